The lowest BCUT2D eigenvalue weighted by molar-refractivity contribution is 0.475. The maximum Gasteiger partial charge on any atom is 0.209 e. The number of rotatable bonds is 1. The van der Waals surface area contributed by atoms with E-state index in [1.807, 2.05) is 12.1 Å². The summed E-state index contributed by atoms with van der Waals surface area (Å²) in [4.78, 5) is 4.15. The normalized spacial score (nSPS) is 10.2. The molecule has 0 amide bonds. The summed E-state index contributed by atoms with van der Waals surface area (Å²) in [6.07, 6.45) is 0. The van der Waals surface area contributed by atoms with Gasteiger partial charge in [0.25, 0.3) is 0 Å². The number of phenols is 1. The van der Waals surface area contributed by atoms with E-state index in [4.69, 9.17) is 5.11 Å². The molecule has 66 valence electrons. The maximum atomic E-state index is 9.07. The van der Waals surface area contributed by atoms with Crippen molar-refractivity contribution in [3.8, 4) is 16.3 Å². The van der Waals surface area contributed by atoms with Crippen LogP contribution in [0.15, 0.2) is 29.0 Å². The smallest absolute Gasteiger partial charge is 0.209 e. The fourth-order valence-electron chi connectivity index (χ4n) is 0.927. The van der Waals surface area contributed by atoms with E-state index in [0.29, 0.717) is 4.73 Å². The zero-order chi connectivity index (χ0) is 9.26. The van der Waals surface area contributed by atoms with Crippen molar-refractivity contribution >= 4 is 27.5 Å². The molecule has 2 rings (SSSR count). The zero-order valence-corrected chi connectivity index (χ0v) is 8.84. The van der Waals surface area contributed by atoms with Crippen LogP contribution in [0.25, 0.3) is 10.6 Å². The van der Waals surface area contributed by atoms with Gasteiger partial charge >= 0.3 is 0 Å². The molecule has 3 nitrogen and oxygen atoms in total. The van der Waals surface area contributed by atoms with Crippen molar-refractivity contribution in [3.63, 3.8) is 0 Å². The third kappa shape index (κ3) is 1.87. The van der Waals surface area contributed by atoms with E-state index >= 15 is 0 Å². The Labute approximate surface area is 87.4 Å². The monoisotopic (exact) mass is 256 g/mol. The summed E-state index contributed by atoms with van der Waals surface area (Å²) in [6.45, 7) is 0. The van der Waals surface area contributed by atoms with Crippen LogP contribution in [0.4, 0.5) is 0 Å². The van der Waals surface area contributed by atoms with Gasteiger partial charge in [0.2, 0.25) is 4.73 Å². The van der Waals surface area contributed by atoms with Crippen molar-refractivity contribution in [3.05, 3.63) is 29.0 Å². The number of phenolic OH excluding ortho intramolecular Hbond substituents is 1. The summed E-state index contributed by atoms with van der Waals surface area (Å²) < 4.78 is 4.60. The summed E-state index contributed by atoms with van der Waals surface area (Å²) in [5.41, 5.74) is 0.959. The molecule has 13 heavy (non-hydrogen) atoms. The molecule has 0 unspecified atom stereocenters. The molecule has 0 aliphatic rings. The third-order valence-corrected chi connectivity index (χ3v) is 2.87. The average Bonchev–Trinajstić information content (AvgIpc) is 2.53. The summed E-state index contributed by atoms with van der Waals surface area (Å²) in [5.74, 6) is 0.257. The van der Waals surface area contributed by atoms with E-state index in [0.717, 1.165) is 10.6 Å². The largest absolute Gasteiger partial charge is 0.508 e. The van der Waals surface area contributed by atoms with Gasteiger partial charge in [0.1, 0.15) is 10.8 Å². The lowest BCUT2D eigenvalue weighted by atomic mass is 10.2. The SMILES string of the molecule is Oc1ccc(-c2nc(Br)ns2)cc1. The Bertz CT molecular complexity index is 412. The Balaban J connectivity index is 2.41. The molecule has 5 heteroatoms. The lowest BCUT2D eigenvalue weighted by Gasteiger charge is -1.94. The van der Waals surface area contributed by atoms with Crippen molar-refractivity contribution in [1.29, 1.82) is 0 Å². The van der Waals surface area contributed by atoms with Gasteiger partial charge in [-0.3, -0.25) is 0 Å². The number of aromatic hydroxyl groups is 1. The van der Waals surface area contributed by atoms with Crippen LogP contribution < -0.4 is 0 Å². The minimum absolute atomic E-state index is 0.257. The maximum absolute atomic E-state index is 9.07. The van der Waals surface area contributed by atoms with Gasteiger partial charge in [-0.2, -0.15) is 4.37 Å². The second-order valence-corrected chi connectivity index (χ2v) is 3.88. The summed E-state index contributed by atoms with van der Waals surface area (Å²) in [6, 6.07) is 6.87. The van der Waals surface area contributed by atoms with Gasteiger partial charge in [0, 0.05) is 5.56 Å². The first kappa shape index (κ1) is 8.65. The first-order valence-corrected chi connectivity index (χ1v) is 5.11. The predicted molar refractivity (Wildman–Crippen MR) is 54.7 cm³/mol. The Morgan fingerprint density at radius 1 is 1.23 bits per heavy atom. The Morgan fingerprint density at radius 3 is 2.46 bits per heavy atom. The van der Waals surface area contributed by atoms with Crippen molar-refractivity contribution in [2.45, 2.75) is 0 Å². The quantitative estimate of drug-likeness (QED) is 0.854. The molecule has 0 aliphatic heterocycles. The van der Waals surface area contributed by atoms with Crippen LogP contribution in [0.5, 0.6) is 5.75 Å². The van der Waals surface area contributed by atoms with Crippen LogP contribution in [0.3, 0.4) is 0 Å². The Hall–Kier alpha value is -0.940. The van der Waals surface area contributed by atoms with Crippen molar-refractivity contribution < 1.29 is 5.11 Å². The van der Waals surface area contributed by atoms with Crippen LogP contribution in [0.1, 0.15) is 0 Å². The van der Waals surface area contributed by atoms with E-state index in [9.17, 15) is 0 Å². The number of halogens is 1. The van der Waals surface area contributed by atoms with Gasteiger partial charge in [-0.25, -0.2) is 4.98 Å². The highest BCUT2D eigenvalue weighted by Gasteiger charge is 2.03. The second-order valence-electron chi connectivity index (χ2n) is 2.42. The highest BCUT2D eigenvalue weighted by atomic mass is 79.9. The first-order chi connectivity index (χ1) is 6.25. The summed E-state index contributed by atoms with van der Waals surface area (Å²) in [7, 11) is 0. The summed E-state index contributed by atoms with van der Waals surface area (Å²) >= 11 is 4.50. The fourth-order valence-corrected chi connectivity index (χ4v) is 2.01. The molecule has 1 aromatic carbocycles. The molecule has 0 saturated heterocycles. The number of nitrogens with zero attached hydrogens (tertiary/aromatic N) is 2. The molecule has 2 aromatic rings. The molecule has 0 radical (unpaired) electrons. The van der Waals surface area contributed by atoms with E-state index in [1.165, 1.54) is 11.5 Å². The van der Waals surface area contributed by atoms with Gasteiger partial charge in [-0.15, -0.1) is 0 Å². The highest BCUT2D eigenvalue weighted by Crippen LogP contribution is 2.24. The van der Waals surface area contributed by atoms with Gasteiger partial charge < -0.3 is 5.11 Å². The standard InChI is InChI=1S/C8H5BrN2OS/c9-8-10-7(13-11-8)5-1-3-6(12)4-2-5/h1-4,12H. The van der Waals surface area contributed by atoms with Crippen LogP contribution in [-0.2, 0) is 0 Å². The molecular weight excluding hydrogens is 252 g/mol. The first-order valence-electron chi connectivity index (χ1n) is 3.54. The Morgan fingerprint density at radius 2 is 1.92 bits per heavy atom. The van der Waals surface area contributed by atoms with E-state index in [2.05, 4.69) is 25.3 Å². The molecular formula is C8H5BrN2OS. The summed E-state index contributed by atoms with van der Waals surface area (Å²) in [5, 5.41) is 9.91. The van der Waals surface area contributed by atoms with Crippen LogP contribution in [0.2, 0.25) is 0 Å². The molecule has 1 N–H and O–H groups in total. The molecule has 0 atom stereocenters. The van der Waals surface area contributed by atoms with Crippen LogP contribution in [0, 0.1) is 0 Å². The molecule has 1 aromatic heterocycles. The number of benzene rings is 1. The third-order valence-electron chi connectivity index (χ3n) is 1.52. The van der Waals surface area contributed by atoms with Crippen LogP contribution in [-0.4, -0.2) is 14.5 Å². The van der Waals surface area contributed by atoms with Crippen molar-refractivity contribution in [2.24, 2.45) is 0 Å². The van der Waals surface area contributed by atoms with Gasteiger partial charge in [0.05, 0.1) is 0 Å². The van der Waals surface area contributed by atoms with E-state index < -0.39 is 0 Å². The molecule has 0 bridgehead atoms. The number of hydrogen-bond donors (Lipinski definition) is 1. The Kier molecular flexibility index (Phi) is 2.28. The molecule has 0 spiro atoms. The predicted octanol–water partition coefficient (Wildman–Crippen LogP) is 2.67. The van der Waals surface area contributed by atoms with Crippen LogP contribution >= 0.6 is 27.5 Å². The molecule has 0 saturated carbocycles. The minimum atomic E-state index is 0.257. The zero-order valence-electron chi connectivity index (χ0n) is 6.44. The lowest BCUT2D eigenvalue weighted by Crippen LogP contribution is -1.74. The van der Waals surface area contributed by atoms with Gasteiger partial charge in [-0.1, -0.05) is 0 Å². The number of hydrogen-bond acceptors (Lipinski definition) is 4. The minimum Gasteiger partial charge on any atom is -0.508 e. The molecule has 0 aliphatic carbocycles. The van der Waals surface area contributed by atoms with Crippen molar-refractivity contribution in [2.75, 3.05) is 0 Å². The molecule has 0 fully saturated rings. The average molecular weight is 257 g/mol. The number of aromatic nitrogens is 2. The van der Waals surface area contributed by atoms with E-state index in [-0.39, 0.29) is 5.75 Å². The van der Waals surface area contributed by atoms with Crippen molar-refractivity contribution in [1.82, 2.24) is 9.36 Å². The van der Waals surface area contributed by atoms with E-state index in [1.54, 1.807) is 12.1 Å². The fraction of sp³-hybridized carbons (Fsp3) is 0. The highest BCUT2D eigenvalue weighted by molar-refractivity contribution is 9.10. The second kappa shape index (κ2) is 3.43. The molecule has 1 heterocycles. The van der Waals surface area contributed by atoms with Gasteiger partial charge in [-0.05, 0) is 51.7 Å². The topological polar surface area (TPSA) is 46.0 Å². The van der Waals surface area contributed by atoms with Gasteiger partial charge in [0.15, 0.2) is 0 Å².